The fourth-order valence-corrected chi connectivity index (χ4v) is 2.28. The molecule has 10 heteroatoms. The number of aliphatic hydroxyl groups excluding tert-OH is 2. The monoisotopic (exact) mass is 412 g/mol. The predicted octanol–water partition coefficient (Wildman–Crippen LogP) is -0.452. The third kappa shape index (κ3) is 13.7. The van der Waals surface area contributed by atoms with E-state index < -0.39 is 12.1 Å². The fraction of sp³-hybridized carbons (Fsp3) is 1.00. The molecule has 2 N–H and O–H groups in total. The van der Waals surface area contributed by atoms with Crippen molar-refractivity contribution in [2.45, 2.75) is 32.0 Å². The molecule has 168 valence electrons. The van der Waals surface area contributed by atoms with Crippen molar-refractivity contribution in [1.82, 2.24) is 0 Å². The number of hydrogen-bond donors (Lipinski definition) is 2. The molecule has 0 saturated carbocycles. The molecule has 0 radical (unpaired) electrons. The molecule has 0 aliphatic carbocycles. The van der Waals surface area contributed by atoms with Crippen LogP contribution in [0.15, 0.2) is 0 Å². The van der Waals surface area contributed by atoms with Crippen molar-refractivity contribution < 1.29 is 48.1 Å². The van der Waals surface area contributed by atoms with Crippen molar-refractivity contribution in [2.75, 3.05) is 85.9 Å². The van der Waals surface area contributed by atoms with E-state index in [0.717, 1.165) is 0 Å². The van der Waals surface area contributed by atoms with Crippen LogP contribution in [-0.4, -0.2) is 114 Å². The molecule has 2 atom stereocenters. The Hall–Kier alpha value is -0.400. The van der Waals surface area contributed by atoms with E-state index in [-0.39, 0.29) is 19.3 Å². The minimum Gasteiger partial charge on any atom is -0.394 e. The Balaban J connectivity index is 1.84. The maximum Gasteiger partial charge on any atom is 0.180 e. The first-order chi connectivity index (χ1) is 13.6. The van der Waals surface area contributed by atoms with Crippen molar-refractivity contribution in [3.05, 3.63) is 0 Å². The largest absolute Gasteiger partial charge is 0.394 e. The Labute approximate surface area is 166 Å². The maximum absolute atomic E-state index is 9.29. The van der Waals surface area contributed by atoms with Crippen LogP contribution in [0.5, 0.6) is 0 Å². The first-order valence-corrected chi connectivity index (χ1v) is 9.65. The third-order valence-corrected chi connectivity index (χ3v) is 3.57. The van der Waals surface area contributed by atoms with Gasteiger partial charge in [-0.3, -0.25) is 0 Å². The summed E-state index contributed by atoms with van der Waals surface area (Å²) in [5, 5.41) is 17.8. The fourth-order valence-electron chi connectivity index (χ4n) is 2.28. The molecule has 1 aliphatic heterocycles. The molecule has 0 aromatic heterocycles. The van der Waals surface area contributed by atoms with Crippen LogP contribution in [0, 0.1) is 0 Å². The lowest BCUT2D eigenvalue weighted by Gasteiger charge is -2.20. The van der Waals surface area contributed by atoms with Crippen LogP contribution in [0.4, 0.5) is 0 Å². The van der Waals surface area contributed by atoms with Gasteiger partial charge in [0.1, 0.15) is 6.10 Å². The standard InChI is InChI=1S/C18H36O10/c1-18(2)27-15-16(28-18)14-26-17(13-20)25-12-11-24-10-9-23-8-7-22-6-5-21-4-3-19/h16-17,19-20H,3-15H2,1-2H3. The Morgan fingerprint density at radius 2 is 1.36 bits per heavy atom. The van der Waals surface area contributed by atoms with Gasteiger partial charge in [-0.25, -0.2) is 0 Å². The van der Waals surface area contributed by atoms with Crippen LogP contribution in [-0.2, 0) is 37.9 Å². The lowest BCUT2D eigenvalue weighted by atomic mass is 10.4. The van der Waals surface area contributed by atoms with E-state index in [9.17, 15) is 5.11 Å². The number of hydrogen-bond acceptors (Lipinski definition) is 10. The first-order valence-electron chi connectivity index (χ1n) is 9.65. The summed E-state index contributed by atoms with van der Waals surface area (Å²) in [7, 11) is 0. The third-order valence-electron chi connectivity index (χ3n) is 3.57. The highest BCUT2D eigenvalue weighted by Crippen LogP contribution is 2.22. The van der Waals surface area contributed by atoms with Gasteiger partial charge in [0.25, 0.3) is 0 Å². The number of aliphatic hydroxyl groups is 2. The summed E-state index contributed by atoms with van der Waals surface area (Å²) in [4.78, 5) is 0. The van der Waals surface area contributed by atoms with Gasteiger partial charge in [0.2, 0.25) is 0 Å². The SMILES string of the molecule is CC1(C)OCC(COC(CO)OCCOCCOCCOCCOCCO)O1. The van der Waals surface area contributed by atoms with Gasteiger partial charge in [0.05, 0.1) is 85.9 Å². The van der Waals surface area contributed by atoms with Gasteiger partial charge in [-0.15, -0.1) is 0 Å². The zero-order valence-electron chi connectivity index (χ0n) is 17.0. The molecule has 0 bridgehead atoms. The predicted molar refractivity (Wildman–Crippen MR) is 98.0 cm³/mol. The smallest absolute Gasteiger partial charge is 0.180 e. The van der Waals surface area contributed by atoms with E-state index in [2.05, 4.69) is 0 Å². The molecule has 2 unspecified atom stereocenters. The van der Waals surface area contributed by atoms with Gasteiger partial charge in [-0.2, -0.15) is 0 Å². The van der Waals surface area contributed by atoms with Crippen molar-refractivity contribution in [1.29, 1.82) is 0 Å². The lowest BCUT2D eigenvalue weighted by Crippen LogP contribution is -2.30. The molecule has 0 aromatic rings. The van der Waals surface area contributed by atoms with Crippen LogP contribution >= 0.6 is 0 Å². The van der Waals surface area contributed by atoms with Gasteiger partial charge >= 0.3 is 0 Å². The summed E-state index contributed by atoms with van der Waals surface area (Å²) < 4.78 is 43.1. The summed E-state index contributed by atoms with van der Waals surface area (Å²) in [6.07, 6.45) is -0.885. The van der Waals surface area contributed by atoms with E-state index >= 15 is 0 Å². The highest BCUT2D eigenvalue weighted by atomic mass is 16.8. The Morgan fingerprint density at radius 3 is 1.82 bits per heavy atom. The minimum atomic E-state index is -0.717. The molecule has 1 saturated heterocycles. The second-order valence-corrected chi connectivity index (χ2v) is 6.44. The molecular weight excluding hydrogens is 376 g/mol. The molecular formula is C18H36O10. The van der Waals surface area contributed by atoms with Gasteiger partial charge in [-0.1, -0.05) is 0 Å². The average molecular weight is 412 g/mol. The van der Waals surface area contributed by atoms with E-state index in [1.807, 2.05) is 13.8 Å². The van der Waals surface area contributed by atoms with Crippen molar-refractivity contribution >= 4 is 0 Å². The summed E-state index contributed by atoms with van der Waals surface area (Å²) in [6, 6.07) is 0. The van der Waals surface area contributed by atoms with E-state index in [1.165, 1.54) is 0 Å². The summed E-state index contributed by atoms with van der Waals surface area (Å²) >= 11 is 0. The van der Waals surface area contributed by atoms with Gasteiger partial charge < -0.3 is 48.1 Å². The zero-order chi connectivity index (χ0) is 20.5. The highest BCUT2D eigenvalue weighted by Gasteiger charge is 2.33. The van der Waals surface area contributed by atoms with Crippen LogP contribution in [0.1, 0.15) is 13.8 Å². The Kier molecular flexibility index (Phi) is 15.0. The number of rotatable bonds is 19. The maximum atomic E-state index is 9.29. The average Bonchev–Trinajstić information content (AvgIpc) is 3.03. The molecule has 1 aliphatic rings. The van der Waals surface area contributed by atoms with Crippen LogP contribution in [0.3, 0.4) is 0 Å². The molecule has 1 rings (SSSR count). The van der Waals surface area contributed by atoms with E-state index in [1.54, 1.807) is 0 Å². The highest BCUT2D eigenvalue weighted by molar-refractivity contribution is 4.70. The normalized spacial score (nSPS) is 19.9. The molecule has 0 amide bonds. The quantitative estimate of drug-likeness (QED) is 0.213. The molecule has 0 spiro atoms. The Bertz CT molecular complexity index is 355. The molecule has 1 fully saturated rings. The lowest BCUT2D eigenvalue weighted by molar-refractivity contribution is -0.193. The van der Waals surface area contributed by atoms with Crippen LogP contribution in [0.25, 0.3) is 0 Å². The molecule has 0 aromatic carbocycles. The zero-order valence-corrected chi connectivity index (χ0v) is 17.0. The minimum absolute atomic E-state index is 0.0190. The van der Waals surface area contributed by atoms with Crippen LogP contribution < -0.4 is 0 Å². The van der Waals surface area contributed by atoms with E-state index in [0.29, 0.717) is 72.7 Å². The second-order valence-electron chi connectivity index (χ2n) is 6.44. The number of ether oxygens (including phenoxy) is 8. The van der Waals surface area contributed by atoms with Gasteiger partial charge in [0.15, 0.2) is 12.1 Å². The van der Waals surface area contributed by atoms with Gasteiger partial charge in [0, 0.05) is 0 Å². The molecule has 1 heterocycles. The Morgan fingerprint density at radius 1 is 0.821 bits per heavy atom. The van der Waals surface area contributed by atoms with Crippen LogP contribution in [0.2, 0.25) is 0 Å². The summed E-state index contributed by atoms with van der Waals surface area (Å²) in [6.45, 7) is 8.00. The summed E-state index contributed by atoms with van der Waals surface area (Å²) in [5.74, 6) is -0.597. The van der Waals surface area contributed by atoms with E-state index in [4.69, 9.17) is 43.0 Å². The molecule has 10 nitrogen and oxygen atoms in total. The van der Waals surface area contributed by atoms with Crippen molar-refractivity contribution in [3.63, 3.8) is 0 Å². The summed E-state index contributed by atoms with van der Waals surface area (Å²) in [5.41, 5.74) is 0. The topological polar surface area (TPSA) is 114 Å². The van der Waals surface area contributed by atoms with Crippen molar-refractivity contribution in [3.8, 4) is 0 Å². The van der Waals surface area contributed by atoms with Gasteiger partial charge in [-0.05, 0) is 13.8 Å². The first kappa shape index (κ1) is 25.6. The molecule has 28 heavy (non-hydrogen) atoms. The second kappa shape index (κ2) is 16.4. The van der Waals surface area contributed by atoms with Crippen molar-refractivity contribution in [2.24, 2.45) is 0 Å².